The minimum Gasteiger partial charge on any atom is -0.296 e. The molecule has 120 valence electrons. The van der Waals surface area contributed by atoms with Gasteiger partial charge in [-0.2, -0.15) is 0 Å². The van der Waals surface area contributed by atoms with Crippen LogP contribution in [-0.2, 0) is 13.0 Å². The molecule has 0 N–H and O–H groups in total. The van der Waals surface area contributed by atoms with Gasteiger partial charge in [-0.1, -0.05) is 26.0 Å². The van der Waals surface area contributed by atoms with Crippen LogP contribution in [-0.4, -0.2) is 37.6 Å². The van der Waals surface area contributed by atoms with Crippen LogP contribution in [0, 0.1) is 5.92 Å². The van der Waals surface area contributed by atoms with Gasteiger partial charge in [-0.3, -0.25) is 9.30 Å². The second-order valence-corrected chi connectivity index (χ2v) is 6.66. The number of para-hydroxylation sites is 1. The van der Waals surface area contributed by atoms with Crippen LogP contribution in [0.25, 0.3) is 16.6 Å². The third-order valence-corrected chi connectivity index (χ3v) is 4.81. The van der Waals surface area contributed by atoms with E-state index in [-0.39, 0.29) is 0 Å². The molecule has 1 aliphatic rings. The first kappa shape index (κ1) is 14.6. The van der Waals surface area contributed by atoms with E-state index in [0.717, 1.165) is 60.2 Å². The predicted molar refractivity (Wildman–Crippen MR) is 91.3 cm³/mol. The second-order valence-electron chi connectivity index (χ2n) is 6.66. The lowest BCUT2D eigenvalue weighted by Gasteiger charge is -2.30. The van der Waals surface area contributed by atoms with Gasteiger partial charge in [-0.15, -0.1) is 10.2 Å². The highest BCUT2D eigenvalue weighted by Crippen LogP contribution is 2.22. The molecule has 0 radical (unpaired) electrons. The Kier molecular flexibility index (Phi) is 3.73. The molecule has 0 amide bonds. The average Bonchev–Trinajstić information content (AvgIpc) is 2.98. The van der Waals surface area contributed by atoms with Gasteiger partial charge in [-0.25, -0.2) is 4.98 Å². The van der Waals surface area contributed by atoms with Crippen molar-refractivity contribution in [1.82, 2.24) is 24.5 Å². The SMILES string of the molecule is CCc1nc2ccccc2c2nnc(CN3CCCC(C)C3)n12. The fraction of sp³-hybridized carbons (Fsp3) is 0.500. The van der Waals surface area contributed by atoms with Gasteiger partial charge >= 0.3 is 0 Å². The maximum atomic E-state index is 4.83. The Hall–Kier alpha value is -2.01. The molecule has 1 saturated heterocycles. The van der Waals surface area contributed by atoms with Crippen LogP contribution in [0.3, 0.4) is 0 Å². The first-order valence-corrected chi connectivity index (χ1v) is 8.60. The maximum absolute atomic E-state index is 4.83. The molecule has 1 aliphatic heterocycles. The van der Waals surface area contributed by atoms with Crippen LogP contribution in [0.4, 0.5) is 0 Å². The van der Waals surface area contributed by atoms with Crippen LogP contribution in [0.15, 0.2) is 24.3 Å². The van der Waals surface area contributed by atoms with Crippen molar-refractivity contribution in [3.8, 4) is 0 Å². The number of fused-ring (bicyclic) bond motifs is 3. The Bertz CT molecular complexity index is 838. The number of nitrogens with zero attached hydrogens (tertiary/aromatic N) is 5. The van der Waals surface area contributed by atoms with Crippen molar-refractivity contribution in [2.75, 3.05) is 13.1 Å². The van der Waals surface area contributed by atoms with E-state index in [1.165, 1.54) is 12.8 Å². The minimum atomic E-state index is 0.771. The Balaban J connectivity index is 1.80. The molecular weight excluding hydrogens is 286 g/mol. The van der Waals surface area contributed by atoms with Gasteiger partial charge in [0, 0.05) is 18.4 Å². The number of rotatable bonds is 3. The minimum absolute atomic E-state index is 0.771. The van der Waals surface area contributed by atoms with Gasteiger partial charge in [0.2, 0.25) is 0 Å². The van der Waals surface area contributed by atoms with Crippen molar-refractivity contribution in [3.63, 3.8) is 0 Å². The van der Waals surface area contributed by atoms with E-state index in [9.17, 15) is 0 Å². The number of aromatic nitrogens is 4. The Morgan fingerprint density at radius 3 is 2.87 bits per heavy atom. The van der Waals surface area contributed by atoms with Crippen LogP contribution < -0.4 is 0 Å². The van der Waals surface area contributed by atoms with Crippen LogP contribution in [0.1, 0.15) is 38.3 Å². The molecule has 0 bridgehead atoms. The molecule has 4 rings (SSSR count). The maximum Gasteiger partial charge on any atom is 0.171 e. The van der Waals surface area contributed by atoms with Gasteiger partial charge in [0.15, 0.2) is 11.5 Å². The zero-order valence-corrected chi connectivity index (χ0v) is 13.9. The van der Waals surface area contributed by atoms with Crippen molar-refractivity contribution in [2.45, 2.75) is 39.7 Å². The average molecular weight is 309 g/mol. The highest BCUT2D eigenvalue weighted by molar-refractivity contribution is 5.91. The fourth-order valence-corrected chi connectivity index (χ4v) is 3.68. The lowest BCUT2D eigenvalue weighted by Crippen LogP contribution is -2.34. The van der Waals surface area contributed by atoms with Crippen molar-refractivity contribution >= 4 is 16.6 Å². The van der Waals surface area contributed by atoms with E-state index in [1.807, 2.05) is 12.1 Å². The zero-order valence-electron chi connectivity index (χ0n) is 13.9. The third kappa shape index (κ3) is 2.59. The molecule has 0 aliphatic carbocycles. The normalized spacial score (nSPS) is 19.7. The Morgan fingerprint density at radius 1 is 1.17 bits per heavy atom. The van der Waals surface area contributed by atoms with Crippen molar-refractivity contribution in [3.05, 3.63) is 35.9 Å². The molecule has 1 aromatic carbocycles. The number of hydrogen-bond donors (Lipinski definition) is 0. The molecule has 0 spiro atoms. The number of aryl methyl sites for hydroxylation is 1. The van der Waals surface area contributed by atoms with Gasteiger partial charge in [0.05, 0.1) is 12.1 Å². The Morgan fingerprint density at radius 2 is 2.04 bits per heavy atom. The highest BCUT2D eigenvalue weighted by atomic mass is 15.3. The summed E-state index contributed by atoms with van der Waals surface area (Å²) in [5.41, 5.74) is 1.94. The van der Waals surface area contributed by atoms with Crippen LogP contribution in [0.5, 0.6) is 0 Å². The summed E-state index contributed by atoms with van der Waals surface area (Å²) in [5.74, 6) is 2.83. The monoisotopic (exact) mass is 309 g/mol. The summed E-state index contributed by atoms with van der Waals surface area (Å²) < 4.78 is 2.17. The van der Waals surface area contributed by atoms with Crippen LogP contribution in [0.2, 0.25) is 0 Å². The van der Waals surface area contributed by atoms with Crippen molar-refractivity contribution in [1.29, 1.82) is 0 Å². The summed E-state index contributed by atoms with van der Waals surface area (Å²) in [4.78, 5) is 7.33. The molecule has 2 aromatic heterocycles. The molecule has 3 aromatic rings. The largest absolute Gasteiger partial charge is 0.296 e. The van der Waals surface area contributed by atoms with Gasteiger partial charge < -0.3 is 0 Å². The molecule has 1 unspecified atom stereocenters. The summed E-state index contributed by atoms with van der Waals surface area (Å²) in [7, 11) is 0. The Labute approximate surface area is 136 Å². The molecule has 23 heavy (non-hydrogen) atoms. The first-order valence-electron chi connectivity index (χ1n) is 8.60. The third-order valence-electron chi connectivity index (χ3n) is 4.81. The van der Waals surface area contributed by atoms with E-state index in [1.54, 1.807) is 0 Å². The fourth-order valence-electron chi connectivity index (χ4n) is 3.68. The summed E-state index contributed by atoms with van der Waals surface area (Å²) in [6.07, 6.45) is 3.49. The molecule has 5 nitrogen and oxygen atoms in total. The molecule has 1 fully saturated rings. The summed E-state index contributed by atoms with van der Waals surface area (Å²) in [6.45, 7) is 7.64. The number of piperidine rings is 1. The lowest BCUT2D eigenvalue weighted by molar-refractivity contribution is 0.172. The quantitative estimate of drug-likeness (QED) is 0.746. The van der Waals surface area contributed by atoms with E-state index in [4.69, 9.17) is 4.98 Å². The number of likely N-dealkylation sites (tertiary alicyclic amines) is 1. The summed E-state index contributed by atoms with van der Waals surface area (Å²) in [6, 6.07) is 8.20. The van der Waals surface area contributed by atoms with Crippen LogP contribution >= 0.6 is 0 Å². The molecule has 3 heterocycles. The van der Waals surface area contributed by atoms with E-state index < -0.39 is 0 Å². The van der Waals surface area contributed by atoms with Gasteiger partial charge in [0.25, 0.3) is 0 Å². The standard InChI is InChI=1S/C18H23N5/c1-3-16-19-15-9-5-4-8-14(15)18-21-20-17(23(16)18)12-22-10-6-7-13(2)11-22/h4-5,8-9,13H,3,6-7,10-12H2,1-2H3. The molecule has 5 heteroatoms. The summed E-state index contributed by atoms with van der Waals surface area (Å²) in [5, 5.41) is 10.1. The van der Waals surface area contributed by atoms with E-state index in [0.29, 0.717) is 0 Å². The smallest absolute Gasteiger partial charge is 0.171 e. The topological polar surface area (TPSA) is 46.3 Å². The first-order chi connectivity index (χ1) is 11.3. The van der Waals surface area contributed by atoms with Gasteiger partial charge in [0.1, 0.15) is 5.82 Å². The highest BCUT2D eigenvalue weighted by Gasteiger charge is 2.20. The van der Waals surface area contributed by atoms with Gasteiger partial charge in [-0.05, 0) is 37.4 Å². The summed E-state index contributed by atoms with van der Waals surface area (Å²) >= 11 is 0. The zero-order chi connectivity index (χ0) is 15.8. The second kappa shape index (κ2) is 5.89. The molecule has 1 atom stereocenters. The molecular formula is C18H23N5. The number of benzene rings is 1. The predicted octanol–water partition coefficient (Wildman–Crippen LogP) is 3.07. The van der Waals surface area contributed by atoms with Crippen molar-refractivity contribution < 1.29 is 0 Å². The van der Waals surface area contributed by atoms with E-state index >= 15 is 0 Å². The molecule has 0 saturated carbocycles. The lowest BCUT2D eigenvalue weighted by atomic mass is 10.0. The number of hydrogen-bond acceptors (Lipinski definition) is 4. The van der Waals surface area contributed by atoms with E-state index in [2.05, 4.69) is 45.5 Å². The van der Waals surface area contributed by atoms with Crippen molar-refractivity contribution in [2.24, 2.45) is 5.92 Å².